The van der Waals surface area contributed by atoms with Crippen LogP contribution in [-0.4, -0.2) is 39.9 Å². The maximum Gasteiger partial charge on any atom is 0.267 e. The number of benzene rings is 2. The van der Waals surface area contributed by atoms with Gasteiger partial charge in [0, 0.05) is 18.7 Å². The summed E-state index contributed by atoms with van der Waals surface area (Å²) in [5.41, 5.74) is 1.57. The van der Waals surface area contributed by atoms with Crippen LogP contribution in [0.15, 0.2) is 47.4 Å². The van der Waals surface area contributed by atoms with Crippen LogP contribution < -0.4 is 19.7 Å². The number of rotatable bonds is 6. The second-order valence-corrected chi connectivity index (χ2v) is 8.56. The molecular weight excluding hydrogens is 394 g/mol. The van der Waals surface area contributed by atoms with Crippen LogP contribution in [0.4, 0.5) is 11.4 Å². The van der Waals surface area contributed by atoms with Crippen molar-refractivity contribution in [3.63, 3.8) is 0 Å². The van der Waals surface area contributed by atoms with Crippen LogP contribution in [0.5, 0.6) is 5.75 Å². The van der Waals surface area contributed by atoms with Crippen molar-refractivity contribution >= 4 is 33.2 Å². The lowest BCUT2D eigenvalue weighted by Gasteiger charge is -2.32. The van der Waals surface area contributed by atoms with Crippen LogP contribution in [0.3, 0.4) is 0 Å². The zero-order valence-electron chi connectivity index (χ0n) is 16.4. The van der Waals surface area contributed by atoms with Gasteiger partial charge in [-0.1, -0.05) is 18.2 Å². The van der Waals surface area contributed by atoms with Crippen molar-refractivity contribution in [1.29, 1.82) is 0 Å². The number of sulfonamides is 1. The maximum absolute atomic E-state index is 12.5. The number of ether oxygens (including phenoxy) is 1. The SMILES string of the molecule is CNS(=O)(=O)c1cc(NC(=O)CCN2C(=O)C(C)Oc3ccccc32)ccc1C. The summed E-state index contributed by atoms with van der Waals surface area (Å²) in [6, 6.07) is 11.8. The van der Waals surface area contributed by atoms with Crippen molar-refractivity contribution in [3.05, 3.63) is 48.0 Å². The summed E-state index contributed by atoms with van der Waals surface area (Å²) in [6.07, 6.45) is -0.575. The number of para-hydroxylation sites is 2. The minimum absolute atomic E-state index is 0.0504. The molecule has 2 aromatic carbocycles. The molecule has 2 amide bonds. The number of amides is 2. The van der Waals surface area contributed by atoms with Crippen molar-refractivity contribution in [2.75, 3.05) is 23.8 Å². The Labute approximate surface area is 169 Å². The summed E-state index contributed by atoms with van der Waals surface area (Å²) in [4.78, 5) is 26.5. The molecule has 0 fully saturated rings. The molecule has 8 nitrogen and oxygen atoms in total. The first-order valence-corrected chi connectivity index (χ1v) is 10.6. The summed E-state index contributed by atoms with van der Waals surface area (Å²) < 4.78 is 32.0. The molecular formula is C20H23N3O5S. The molecule has 29 heavy (non-hydrogen) atoms. The molecule has 0 aromatic heterocycles. The van der Waals surface area contributed by atoms with Crippen molar-refractivity contribution in [1.82, 2.24) is 4.72 Å². The number of nitrogens with one attached hydrogen (secondary N) is 2. The highest BCUT2D eigenvalue weighted by atomic mass is 32.2. The largest absolute Gasteiger partial charge is 0.479 e. The van der Waals surface area contributed by atoms with Gasteiger partial charge in [0.25, 0.3) is 5.91 Å². The van der Waals surface area contributed by atoms with E-state index in [4.69, 9.17) is 4.74 Å². The standard InChI is InChI=1S/C20H23N3O5S/c1-13-8-9-15(12-18(13)29(26,27)21-3)22-19(24)10-11-23-16-6-4-5-7-17(16)28-14(2)20(23)25/h4-9,12,14,21H,10-11H2,1-3H3,(H,22,24). The molecule has 1 aliphatic heterocycles. The molecule has 0 bridgehead atoms. The molecule has 2 aromatic rings. The molecule has 2 N–H and O–H groups in total. The number of aryl methyl sites for hydroxylation is 1. The van der Waals surface area contributed by atoms with Crippen molar-refractivity contribution in [2.24, 2.45) is 0 Å². The normalized spacial score (nSPS) is 16.2. The van der Waals surface area contributed by atoms with Gasteiger partial charge in [-0.05, 0) is 50.7 Å². The van der Waals surface area contributed by atoms with E-state index in [1.807, 2.05) is 6.07 Å². The van der Waals surface area contributed by atoms with E-state index < -0.39 is 16.1 Å². The highest BCUT2D eigenvalue weighted by Gasteiger charge is 2.31. The summed E-state index contributed by atoms with van der Waals surface area (Å²) >= 11 is 0. The Kier molecular flexibility index (Phi) is 5.90. The fourth-order valence-electron chi connectivity index (χ4n) is 3.10. The van der Waals surface area contributed by atoms with Crippen LogP contribution in [0.2, 0.25) is 0 Å². The number of nitrogens with zero attached hydrogens (tertiary/aromatic N) is 1. The fraction of sp³-hybridized carbons (Fsp3) is 0.300. The average molecular weight is 417 g/mol. The number of carbonyl (C=O) groups excluding carboxylic acids is 2. The lowest BCUT2D eigenvalue weighted by atomic mass is 10.1. The summed E-state index contributed by atoms with van der Waals surface area (Å²) in [7, 11) is -2.30. The van der Waals surface area contributed by atoms with Gasteiger partial charge in [-0.25, -0.2) is 13.1 Å². The van der Waals surface area contributed by atoms with Crippen molar-refractivity contribution in [3.8, 4) is 5.75 Å². The number of hydrogen-bond donors (Lipinski definition) is 2. The minimum atomic E-state index is -3.63. The molecule has 1 atom stereocenters. The smallest absolute Gasteiger partial charge is 0.267 e. The van der Waals surface area contributed by atoms with Crippen LogP contribution in [0.1, 0.15) is 18.9 Å². The van der Waals surface area contributed by atoms with Gasteiger partial charge in [0.1, 0.15) is 5.75 Å². The lowest BCUT2D eigenvalue weighted by Crippen LogP contribution is -2.45. The molecule has 154 valence electrons. The molecule has 0 radical (unpaired) electrons. The van der Waals surface area contributed by atoms with Crippen molar-refractivity contribution in [2.45, 2.75) is 31.3 Å². The number of carbonyl (C=O) groups is 2. The Morgan fingerprint density at radius 2 is 1.93 bits per heavy atom. The van der Waals surface area contributed by atoms with E-state index in [1.165, 1.54) is 18.0 Å². The summed E-state index contributed by atoms with van der Waals surface area (Å²) in [5.74, 6) is 0.0563. The van der Waals surface area contributed by atoms with E-state index in [9.17, 15) is 18.0 Å². The highest BCUT2D eigenvalue weighted by molar-refractivity contribution is 7.89. The first-order chi connectivity index (χ1) is 13.7. The Hall–Kier alpha value is -2.91. The third-order valence-electron chi connectivity index (χ3n) is 4.67. The Balaban J connectivity index is 1.71. The van der Waals surface area contributed by atoms with E-state index in [2.05, 4.69) is 10.0 Å². The average Bonchev–Trinajstić information content (AvgIpc) is 2.69. The molecule has 0 spiro atoms. The van der Waals surface area contributed by atoms with Gasteiger partial charge < -0.3 is 15.0 Å². The first-order valence-electron chi connectivity index (χ1n) is 9.14. The molecule has 0 saturated heterocycles. The predicted octanol–water partition coefficient (Wildman–Crippen LogP) is 2.05. The molecule has 1 unspecified atom stereocenters. The van der Waals surface area contributed by atoms with Gasteiger partial charge in [-0.15, -0.1) is 0 Å². The molecule has 1 aliphatic rings. The number of hydrogen-bond acceptors (Lipinski definition) is 5. The van der Waals surface area contributed by atoms with Gasteiger partial charge in [0.15, 0.2) is 6.10 Å². The van der Waals surface area contributed by atoms with Crippen LogP contribution >= 0.6 is 0 Å². The van der Waals surface area contributed by atoms with Gasteiger partial charge >= 0.3 is 0 Å². The van der Waals surface area contributed by atoms with Crippen LogP contribution in [0.25, 0.3) is 0 Å². The van der Waals surface area contributed by atoms with E-state index in [0.29, 0.717) is 22.7 Å². The third-order valence-corrected chi connectivity index (χ3v) is 6.22. The zero-order valence-corrected chi connectivity index (χ0v) is 17.2. The first kappa shape index (κ1) is 20.8. The van der Waals surface area contributed by atoms with E-state index in [0.717, 1.165) is 0 Å². The van der Waals surface area contributed by atoms with E-state index in [-0.39, 0.29) is 29.7 Å². The highest BCUT2D eigenvalue weighted by Crippen LogP contribution is 2.33. The van der Waals surface area contributed by atoms with Crippen LogP contribution in [0, 0.1) is 6.92 Å². The molecule has 1 heterocycles. The summed E-state index contributed by atoms with van der Waals surface area (Å²) in [5, 5.41) is 2.69. The second kappa shape index (κ2) is 8.22. The van der Waals surface area contributed by atoms with Crippen molar-refractivity contribution < 1.29 is 22.7 Å². The number of fused-ring (bicyclic) bond motifs is 1. The Morgan fingerprint density at radius 3 is 2.66 bits per heavy atom. The zero-order chi connectivity index (χ0) is 21.2. The molecule has 0 saturated carbocycles. The Morgan fingerprint density at radius 1 is 1.21 bits per heavy atom. The number of anilines is 2. The fourth-order valence-corrected chi connectivity index (χ4v) is 4.10. The van der Waals surface area contributed by atoms with Gasteiger partial charge in [-0.3, -0.25) is 9.59 Å². The lowest BCUT2D eigenvalue weighted by molar-refractivity contribution is -0.125. The van der Waals surface area contributed by atoms with Gasteiger partial charge in [-0.2, -0.15) is 0 Å². The van der Waals surface area contributed by atoms with Gasteiger partial charge in [0.05, 0.1) is 10.6 Å². The van der Waals surface area contributed by atoms with Crippen LogP contribution in [-0.2, 0) is 19.6 Å². The second-order valence-electron chi connectivity index (χ2n) is 6.70. The summed E-state index contributed by atoms with van der Waals surface area (Å²) in [6.45, 7) is 3.53. The maximum atomic E-state index is 12.5. The topological polar surface area (TPSA) is 105 Å². The van der Waals surface area contributed by atoms with E-state index in [1.54, 1.807) is 44.2 Å². The third kappa shape index (κ3) is 4.41. The van der Waals surface area contributed by atoms with E-state index >= 15 is 0 Å². The predicted molar refractivity (Wildman–Crippen MR) is 110 cm³/mol. The monoisotopic (exact) mass is 417 g/mol. The Bertz CT molecular complexity index is 1050. The molecule has 3 rings (SSSR count). The molecule has 0 aliphatic carbocycles. The van der Waals surface area contributed by atoms with Gasteiger partial charge in [0.2, 0.25) is 15.9 Å². The quantitative estimate of drug-likeness (QED) is 0.748. The minimum Gasteiger partial charge on any atom is -0.479 e. The molecule has 9 heteroatoms.